The fraction of sp³-hybridized carbons (Fsp3) is 0.778. The van der Waals surface area contributed by atoms with Crippen LogP contribution in [-0.2, 0) is 28.7 Å². The summed E-state index contributed by atoms with van der Waals surface area (Å²) in [5.41, 5.74) is -1.42. The van der Waals surface area contributed by atoms with Gasteiger partial charge in [-0.1, -0.05) is 0 Å². The highest BCUT2D eigenvalue weighted by Crippen LogP contribution is 2.26. The minimum Gasteiger partial charge on any atom is -0.469 e. The number of hydrogen-bond acceptors (Lipinski definition) is 6. The highest BCUT2D eigenvalue weighted by Gasteiger charge is 2.30. The van der Waals surface area contributed by atoms with Crippen LogP contribution in [0.4, 0.5) is 0 Å². The first-order chi connectivity index (χ1) is 11.0. The minimum absolute atomic E-state index is 0.0486. The largest absolute Gasteiger partial charge is 0.469 e. The molecule has 0 N–H and O–H groups in total. The third kappa shape index (κ3) is 7.70. The molecule has 0 aromatic carbocycles. The summed E-state index contributed by atoms with van der Waals surface area (Å²) in [4.78, 5) is 46.9. The molecule has 0 heterocycles. The quantitative estimate of drug-likeness (QED) is 0.537. The number of Topliss-reactive ketones (excluding diaryl/α,β-unsaturated/α-hetero) is 2. The van der Waals surface area contributed by atoms with Gasteiger partial charge in [-0.05, 0) is 40.5 Å². The molecule has 0 aromatic rings. The molecule has 0 fully saturated rings. The van der Waals surface area contributed by atoms with Gasteiger partial charge < -0.3 is 9.47 Å². The van der Waals surface area contributed by atoms with E-state index in [-0.39, 0.29) is 49.2 Å². The van der Waals surface area contributed by atoms with E-state index in [1.807, 2.05) is 0 Å². The van der Waals surface area contributed by atoms with Crippen LogP contribution >= 0.6 is 0 Å². The smallest absolute Gasteiger partial charge is 0.311 e. The zero-order valence-electron chi connectivity index (χ0n) is 15.7. The van der Waals surface area contributed by atoms with Gasteiger partial charge in [0.1, 0.15) is 11.6 Å². The highest BCUT2D eigenvalue weighted by molar-refractivity contribution is 5.87. The van der Waals surface area contributed by atoms with Crippen molar-refractivity contribution in [3.63, 3.8) is 0 Å². The predicted molar refractivity (Wildman–Crippen MR) is 89.3 cm³/mol. The van der Waals surface area contributed by atoms with Crippen molar-refractivity contribution in [1.82, 2.24) is 0 Å². The van der Waals surface area contributed by atoms with Gasteiger partial charge in [-0.25, -0.2) is 0 Å². The zero-order chi connectivity index (χ0) is 19.0. The molecular weight excluding hydrogens is 312 g/mol. The molecule has 0 aliphatic carbocycles. The highest BCUT2D eigenvalue weighted by atomic mass is 16.5. The summed E-state index contributed by atoms with van der Waals surface area (Å²) < 4.78 is 9.39. The van der Waals surface area contributed by atoms with Crippen molar-refractivity contribution in [3.05, 3.63) is 0 Å². The molecule has 138 valence electrons. The van der Waals surface area contributed by atoms with Crippen molar-refractivity contribution < 1.29 is 28.7 Å². The zero-order valence-corrected chi connectivity index (χ0v) is 15.7. The van der Waals surface area contributed by atoms with Gasteiger partial charge in [-0.3, -0.25) is 19.2 Å². The molecule has 24 heavy (non-hydrogen) atoms. The van der Waals surface area contributed by atoms with Crippen LogP contribution in [0.3, 0.4) is 0 Å². The van der Waals surface area contributed by atoms with Crippen LogP contribution in [0.1, 0.15) is 66.2 Å². The lowest BCUT2D eigenvalue weighted by atomic mass is 9.85. The second kappa shape index (κ2) is 9.55. The SMILES string of the molecule is COC(=O)C(C)(C)CCC(=O)CCC(=O)CCC(C)(C)C(=O)OC. The molecule has 0 unspecified atom stereocenters. The van der Waals surface area contributed by atoms with Crippen molar-refractivity contribution in [3.8, 4) is 0 Å². The van der Waals surface area contributed by atoms with E-state index in [0.717, 1.165) is 0 Å². The Balaban J connectivity index is 4.17. The Hall–Kier alpha value is -1.72. The minimum atomic E-state index is -0.709. The summed E-state index contributed by atoms with van der Waals surface area (Å²) in [6.07, 6.45) is 1.58. The van der Waals surface area contributed by atoms with Crippen LogP contribution in [-0.4, -0.2) is 37.7 Å². The van der Waals surface area contributed by atoms with E-state index < -0.39 is 10.8 Å². The molecule has 6 nitrogen and oxygen atoms in total. The molecular formula is C18H30O6. The van der Waals surface area contributed by atoms with Crippen molar-refractivity contribution >= 4 is 23.5 Å². The Labute approximate surface area is 144 Å². The molecule has 0 aliphatic heterocycles. The summed E-state index contributed by atoms with van der Waals surface area (Å²) in [5, 5.41) is 0. The van der Waals surface area contributed by atoms with Crippen molar-refractivity contribution in [2.75, 3.05) is 14.2 Å². The molecule has 0 amide bonds. The number of rotatable bonds is 11. The van der Waals surface area contributed by atoms with Crippen LogP contribution in [0.2, 0.25) is 0 Å². The average molecular weight is 342 g/mol. The Bertz CT molecular complexity index is 432. The lowest BCUT2D eigenvalue weighted by Crippen LogP contribution is -2.27. The second-order valence-electron chi connectivity index (χ2n) is 7.33. The van der Waals surface area contributed by atoms with Gasteiger partial charge >= 0.3 is 11.9 Å². The molecule has 0 aliphatic rings. The Morgan fingerprint density at radius 2 is 0.917 bits per heavy atom. The number of ether oxygens (including phenoxy) is 2. The summed E-state index contributed by atoms with van der Waals surface area (Å²) in [5.74, 6) is -0.798. The van der Waals surface area contributed by atoms with Gasteiger partial charge in [0.05, 0.1) is 25.0 Å². The molecule has 0 rings (SSSR count). The van der Waals surface area contributed by atoms with Crippen LogP contribution < -0.4 is 0 Å². The van der Waals surface area contributed by atoms with Crippen molar-refractivity contribution in [2.24, 2.45) is 10.8 Å². The number of hydrogen-bond donors (Lipinski definition) is 0. The summed E-state index contributed by atoms with van der Waals surface area (Å²) in [6, 6.07) is 0. The first-order valence-corrected chi connectivity index (χ1v) is 8.16. The maximum Gasteiger partial charge on any atom is 0.311 e. The van der Waals surface area contributed by atoms with Crippen LogP contribution in [0, 0.1) is 10.8 Å². The Morgan fingerprint density at radius 1 is 0.625 bits per heavy atom. The molecule has 0 spiro atoms. The molecule has 0 aromatic heterocycles. The van der Waals surface area contributed by atoms with Gasteiger partial charge in [0.25, 0.3) is 0 Å². The molecule has 0 radical (unpaired) electrons. The summed E-state index contributed by atoms with van der Waals surface area (Å²) >= 11 is 0. The Morgan fingerprint density at radius 3 is 1.17 bits per heavy atom. The molecule has 0 atom stereocenters. The summed E-state index contributed by atoms with van der Waals surface area (Å²) in [7, 11) is 2.64. The van der Waals surface area contributed by atoms with Crippen LogP contribution in [0.15, 0.2) is 0 Å². The Kier molecular flexibility index (Phi) is 8.86. The topological polar surface area (TPSA) is 86.7 Å². The van der Waals surface area contributed by atoms with Gasteiger partial charge in [0.2, 0.25) is 0 Å². The molecule has 0 saturated carbocycles. The molecule has 6 heteroatoms. The number of ketones is 2. The number of methoxy groups -OCH3 is 2. The monoisotopic (exact) mass is 342 g/mol. The lowest BCUT2D eigenvalue weighted by Gasteiger charge is -2.21. The van der Waals surface area contributed by atoms with Gasteiger partial charge in [0.15, 0.2) is 0 Å². The summed E-state index contributed by atoms with van der Waals surface area (Å²) in [6.45, 7) is 6.91. The fourth-order valence-corrected chi connectivity index (χ4v) is 2.19. The van der Waals surface area contributed by atoms with Crippen LogP contribution in [0.5, 0.6) is 0 Å². The first-order valence-electron chi connectivity index (χ1n) is 8.16. The van der Waals surface area contributed by atoms with Crippen molar-refractivity contribution in [2.45, 2.75) is 66.2 Å². The number of carbonyl (C=O) groups excluding carboxylic acids is 4. The maximum absolute atomic E-state index is 11.9. The van der Waals surface area contributed by atoms with E-state index in [1.54, 1.807) is 27.7 Å². The molecule has 0 bridgehead atoms. The second-order valence-corrected chi connectivity index (χ2v) is 7.33. The van der Waals surface area contributed by atoms with E-state index in [0.29, 0.717) is 12.8 Å². The van der Waals surface area contributed by atoms with E-state index in [4.69, 9.17) is 9.47 Å². The van der Waals surface area contributed by atoms with E-state index >= 15 is 0 Å². The van der Waals surface area contributed by atoms with E-state index in [9.17, 15) is 19.2 Å². The standard InChI is InChI=1S/C18H30O6/c1-17(2,15(21)23-5)11-9-13(19)7-8-14(20)10-12-18(3,4)16(22)24-6/h7-12H2,1-6H3. The fourth-order valence-electron chi connectivity index (χ4n) is 2.19. The maximum atomic E-state index is 11.9. The van der Waals surface area contributed by atoms with Gasteiger partial charge in [-0.15, -0.1) is 0 Å². The average Bonchev–Trinajstić information content (AvgIpc) is 2.54. The third-order valence-corrected chi connectivity index (χ3v) is 4.22. The van der Waals surface area contributed by atoms with Crippen molar-refractivity contribution in [1.29, 1.82) is 0 Å². The number of carbonyl (C=O) groups is 4. The first kappa shape index (κ1) is 22.3. The van der Waals surface area contributed by atoms with Crippen LogP contribution in [0.25, 0.3) is 0 Å². The lowest BCUT2D eigenvalue weighted by molar-refractivity contribution is -0.152. The third-order valence-electron chi connectivity index (χ3n) is 4.22. The normalized spacial score (nSPS) is 11.8. The predicted octanol–water partition coefficient (Wildman–Crippen LogP) is 2.86. The van der Waals surface area contributed by atoms with E-state index in [2.05, 4.69) is 0 Å². The van der Waals surface area contributed by atoms with Gasteiger partial charge in [-0.2, -0.15) is 0 Å². The van der Waals surface area contributed by atoms with E-state index in [1.165, 1.54) is 14.2 Å². The van der Waals surface area contributed by atoms with Gasteiger partial charge in [0, 0.05) is 25.7 Å². The number of esters is 2. The molecule has 0 saturated heterocycles.